The van der Waals surface area contributed by atoms with Gasteiger partial charge in [0.05, 0.1) is 0 Å². The molecule has 3 nitrogen and oxygen atoms in total. The van der Waals surface area contributed by atoms with Crippen LogP contribution < -0.4 is 4.74 Å². The second-order valence-corrected chi connectivity index (χ2v) is 5.48. The summed E-state index contributed by atoms with van der Waals surface area (Å²) in [6.07, 6.45) is 7.14. The first-order valence-electron chi connectivity index (χ1n) is 7.79. The summed E-state index contributed by atoms with van der Waals surface area (Å²) in [6, 6.07) is 8.15. The summed E-state index contributed by atoms with van der Waals surface area (Å²) in [7, 11) is 0. The van der Waals surface area contributed by atoms with Crippen molar-refractivity contribution in [3.8, 4) is 5.75 Å². The molecular weight excluding hydrogens is 250 g/mol. The molecule has 0 aliphatic carbocycles. The highest BCUT2D eigenvalue weighted by molar-refractivity contribution is 5.78. The smallest absolute Gasteiger partial charge is 0.260 e. The number of carbonyl (C=O) groups is 1. The number of amides is 1. The van der Waals surface area contributed by atoms with Crippen molar-refractivity contribution >= 4 is 5.91 Å². The predicted octanol–water partition coefficient (Wildman–Crippen LogP) is 3.42. The molecule has 2 rings (SSSR count). The van der Waals surface area contributed by atoms with Crippen LogP contribution in [-0.4, -0.2) is 30.5 Å². The van der Waals surface area contributed by atoms with Crippen LogP contribution in [0.5, 0.6) is 5.75 Å². The average Bonchev–Trinajstić information content (AvgIpc) is 3.01. The normalized spacial score (nSPS) is 14.6. The van der Waals surface area contributed by atoms with Crippen LogP contribution in [0.2, 0.25) is 0 Å². The van der Waals surface area contributed by atoms with Gasteiger partial charge in [-0.1, -0.05) is 31.9 Å². The third kappa shape index (κ3) is 4.55. The quantitative estimate of drug-likeness (QED) is 0.714. The largest absolute Gasteiger partial charge is 0.484 e. The fraction of sp³-hybridized carbons (Fsp3) is 0.588. The van der Waals surface area contributed by atoms with Gasteiger partial charge >= 0.3 is 0 Å². The van der Waals surface area contributed by atoms with E-state index in [4.69, 9.17) is 4.74 Å². The molecule has 1 fully saturated rings. The third-order valence-electron chi connectivity index (χ3n) is 3.81. The molecule has 0 atom stereocenters. The zero-order valence-electron chi connectivity index (χ0n) is 12.4. The number of likely N-dealkylation sites (tertiary alicyclic amines) is 1. The Morgan fingerprint density at radius 1 is 1.15 bits per heavy atom. The van der Waals surface area contributed by atoms with E-state index in [-0.39, 0.29) is 12.5 Å². The number of carbonyl (C=O) groups excluding carboxylic acids is 1. The molecule has 0 bridgehead atoms. The minimum atomic E-state index is 0.106. The minimum Gasteiger partial charge on any atom is -0.484 e. The molecule has 0 spiro atoms. The Morgan fingerprint density at radius 2 is 1.85 bits per heavy atom. The highest BCUT2D eigenvalue weighted by atomic mass is 16.5. The van der Waals surface area contributed by atoms with E-state index < -0.39 is 0 Å². The van der Waals surface area contributed by atoms with E-state index in [2.05, 4.69) is 19.1 Å². The summed E-state index contributed by atoms with van der Waals surface area (Å²) in [5, 5.41) is 0. The maximum absolute atomic E-state index is 11.9. The molecule has 0 unspecified atom stereocenters. The predicted molar refractivity (Wildman–Crippen MR) is 81.0 cm³/mol. The van der Waals surface area contributed by atoms with Crippen LogP contribution in [0.4, 0.5) is 0 Å². The first kappa shape index (κ1) is 14.9. The van der Waals surface area contributed by atoms with Crippen molar-refractivity contribution in [3.63, 3.8) is 0 Å². The topological polar surface area (TPSA) is 29.5 Å². The van der Waals surface area contributed by atoms with Crippen LogP contribution in [0, 0.1) is 0 Å². The molecular formula is C17H25NO2. The Balaban J connectivity index is 1.74. The Morgan fingerprint density at radius 3 is 2.50 bits per heavy atom. The zero-order chi connectivity index (χ0) is 14.2. The number of rotatable bonds is 7. The van der Waals surface area contributed by atoms with Gasteiger partial charge < -0.3 is 9.64 Å². The van der Waals surface area contributed by atoms with E-state index in [1.807, 2.05) is 17.0 Å². The Bertz CT molecular complexity index is 408. The number of unbranched alkanes of at least 4 members (excludes halogenated alkanes) is 2. The number of hydrogen-bond acceptors (Lipinski definition) is 2. The summed E-state index contributed by atoms with van der Waals surface area (Å²) < 4.78 is 5.57. The molecule has 110 valence electrons. The fourth-order valence-corrected chi connectivity index (χ4v) is 2.53. The van der Waals surface area contributed by atoms with Gasteiger partial charge in [-0.15, -0.1) is 0 Å². The van der Waals surface area contributed by atoms with Gasteiger partial charge in [-0.2, -0.15) is 0 Å². The van der Waals surface area contributed by atoms with Crippen LogP contribution >= 0.6 is 0 Å². The summed E-state index contributed by atoms with van der Waals surface area (Å²) in [5.74, 6) is 0.895. The number of nitrogens with zero attached hydrogens (tertiary/aromatic N) is 1. The highest BCUT2D eigenvalue weighted by Crippen LogP contribution is 2.15. The van der Waals surface area contributed by atoms with Crippen LogP contribution in [0.3, 0.4) is 0 Å². The standard InChI is InChI=1S/C17H25NO2/c1-2-3-4-7-15-8-10-16(11-9-15)20-14-17(19)18-12-5-6-13-18/h8-11H,2-7,12-14H2,1H3. The Labute approximate surface area is 121 Å². The number of aryl methyl sites for hydroxylation is 1. The second-order valence-electron chi connectivity index (χ2n) is 5.48. The van der Waals surface area contributed by atoms with Gasteiger partial charge in [0.15, 0.2) is 6.61 Å². The van der Waals surface area contributed by atoms with Crippen molar-refractivity contribution in [2.45, 2.75) is 45.4 Å². The maximum Gasteiger partial charge on any atom is 0.260 e. The Kier molecular flexibility index (Phi) is 5.90. The summed E-state index contributed by atoms with van der Waals surface area (Å²) in [6.45, 7) is 4.15. The first-order valence-corrected chi connectivity index (χ1v) is 7.79. The lowest BCUT2D eigenvalue weighted by Gasteiger charge is -2.15. The number of benzene rings is 1. The van der Waals surface area contributed by atoms with Crippen molar-refractivity contribution in [1.29, 1.82) is 0 Å². The molecule has 3 heteroatoms. The average molecular weight is 275 g/mol. The number of ether oxygens (including phenoxy) is 1. The SMILES string of the molecule is CCCCCc1ccc(OCC(=O)N2CCCC2)cc1. The number of hydrogen-bond donors (Lipinski definition) is 0. The van der Waals surface area contributed by atoms with E-state index in [9.17, 15) is 4.79 Å². The molecule has 0 radical (unpaired) electrons. The van der Waals surface area contributed by atoms with Crippen LogP contribution in [-0.2, 0) is 11.2 Å². The van der Waals surface area contributed by atoms with Gasteiger partial charge in [-0.05, 0) is 43.4 Å². The van der Waals surface area contributed by atoms with Crippen molar-refractivity contribution in [1.82, 2.24) is 4.90 Å². The third-order valence-corrected chi connectivity index (χ3v) is 3.81. The monoisotopic (exact) mass is 275 g/mol. The molecule has 0 saturated carbocycles. The van der Waals surface area contributed by atoms with Gasteiger partial charge in [0, 0.05) is 13.1 Å². The Hall–Kier alpha value is -1.51. The summed E-state index contributed by atoms with van der Waals surface area (Å²) in [4.78, 5) is 13.7. The molecule has 1 heterocycles. The molecule has 1 saturated heterocycles. The lowest BCUT2D eigenvalue weighted by molar-refractivity contribution is -0.132. The van der Waals surface area contributed by atoms with Crippen molar-refractivity contribution in [2.24, 2.45) is 0 Å². The van der Waals surface area contributed by atoms with E-state index in [1.54, 1.807) is 0 Å². The van der Waals surface area contributed by atoms with Crippen molar-refractivity contribution in [3.05, 3.63) is 29.8 Å². The molecule has 1 aromatic rings. The molecule has 0 aromatic heterocycles. The van der Waals surface area contributed by atoms with Gasteiger partial charge in [0.1, 0.15) is 5.75 Å². The van der Waals surface area contributed by atoms with Gasteiger partial charge in [0.25, 0.3) is 5.91 Å². The molecule has 1 aromatic carbocycles. The molecule has 0 N–H and O–H groups in total. The van der Waals surface area contributed by atoms with E-state index in [0.29, 0.717) is 0 Å². The maximum atomic E-state index is 11.9. The van der Waals surface area contributed by atoms with Gasteiger partial charge in [-0.3, -0.25) is 4.79 Å². The van der Waals surface area contributed by atoms with Crippen LogP contribution in [0.1, 0.15) is 44.6 Å². The minimum absolute atomic E-state index is 0.106. The summed E-state index contributed by atoms with van der Waals surface area (Å²) >= 11 is 0. The first-order chi connectivity index (χ1) is 9.79. The lowest BCUT2D eigenvalue weighted by atomic mass is 10.1. The van der Waals surface area contributed by atoms with Gasteiger partial charge in [0.2, 0.25) is 0 Å². The molecule has 1 aliphatic heterocycles. The zero-order valence-corrected chi connectivity index (χ0v) is 12.4. The van der Waals surface area contributed by atoms with E-state index in [0.717, 1.165) is 38.1 Å². The second kappa shape index (κ2) is 7.93. The molecule has 1 amide bonds. The van der Waals surface area contributed by atoms with Gasteiger partial charge in [-0.25, -0.2) is 0 Å². The van der Waals surface area contributed by atoms with Crippen LogP contribution in [0.25, 0.3) is 0 Å². The van der Waals surface area contributed by atoms with Crippen molar-refractivity contribution in [2.75, 3.05) is 19.7 Å². The fourth-order valence-electron chi connectivity index (χ4n) is 2.53. The van der Waals surface area contributed by atoms with E-state index >= 15 is 0 Å². The van der Waals surface area contributed by atoms with Crippen molar-refractivity contribution < 1.29 is 9.53 Å². The summed E-state index contributed by atoms with van der Waals surface area (Å²) in [5.41, 5.74) is 1.34. The lowest BCUT2D eigenvalue weighted by Crippen LogP contribution is -2.32. The molecule has 20 heavy (non-hydrogen) atoms. The highest BCUT2D eigenvalue weighted by Gasteiger charge is 2.17. The molecule has 1 aliphatic rings. The van der Waals surface area contributed by atoms with E-state index in [1.165, 1.54) is 24.8 Å². The van der Waals surface area contributed by atoms with Crippen LogP contribution in [0.15, 0.2) is 24.3 Å².